The molecule has 2 aromatic carbocycles. The number of piperazine rings is 1. The number of halogens is 2. The minimum absolute atomic E-state index is 0.00829. The highest BCUT2D eigenvalue weighted by Crippen LogP contribution is 2.27. The van der Waals surface area contributed by atoms with Gasteiger partial charge in [-0.25, -0.2) is 14.4 Å². The average Bonchev–Trinajstić information content (AvgIpc) is 3.34. The summed E-state index contributed by atoms with van der Waals surface area (Å²) >= 11 is 6.21. The SMILES string of the molecule is COc1ccnc(N2CCN(C(=O)Cc3nc(-c4ccc(Cl)c(C)c4)cn3-c3ccc(F)cc3)CC2)c1. The van der Waals surface area contributed by atoms with Crippen LogP contribution in [0.3, 0.4) is 0 Å². The van der Waals surface area contributed by atoms with E-state index in [1.54, 1.807) is 25.4 Å². The number of rotatable bonds is 6. The molecule has 0 bridgehead atoms. The quantitative estimate of drug-likeness (QED) is 0.361. The molecule has 37 heavy (non-hydrogen) atoms. The summed E-state index contributed by atoms with van der Waals surface area (Å²) in [6.45, 7) is 4.45. The van der Waals surface area contributed by atoms with E-state index in [0.29, 0.717) is 37.0 Å². The molecule has 0 radical (unpaired) electrons. The van der Waals surface area contributed by atoms with Crippen LogP contribution in [-0.4, -0.2) is 58.6 Å². The molecule has 0 spiro atoms. The number of hydrogen-bond acceptors (Lipinski definition) is 5. The van der Waals surface area contributed by atoms with Crippen molar-refractivity contribution in [2.45, 2.75) is 13.3 Å². The topological polar surface area (TPSA) is 63.5 Å². The van der Waals surface area contributed by atoms with Gasteiger partial charge in [-0.15, -0.1) is 0 Å². The van der Waals surface area contributed by atoms with Crippen molar-refractivity contribution in [1.82, 2.24) is 19.4 Å². The molecule has 0 saturated carbocycles. The van der Waals surface area contributed by atoms with Gasteiger partial charge >= 0.3 is 0 Å². The third kappa shape index (κ3) is 5.44. The number of methoxy groups -OCH3 is 1. The molecule has 2 aromatic heterocycles. The molecule has 0 N–H and O–H groups in total. The second kappa shape index (κ2) is 10.6. The van der Waals surface area contributed by atoms with Crippen molar-refractivity contribution in [1.29, 1.82) is 0 Å². The molecule has 0 unspecified atom stereocenters. The van der Waals surface area contributed by atoms with Gasteiger partial charge in [-0.2, -0.15) is 0 Å². The van der Waals surface area contributed by atoms with E-state index < -0.39 is 0 Å². The third-order valence-electron chi connectivity index (χ3n) is 6.56. The molecule has 1 aliphatic heterocycles. The number of anilines is 1. The minimum atomic E-state index is -0.321. The fourth-order valence-electron chi connectivity index (χ4n) is 4.44. The summed E-state index contributed by atoms with van der Waals surface area (Å²) in [4.78, 5) is 26.6. The molecule has 1 aliphatic rings. The number of aromatic nitrogens is 3. The number of amides is 1. The number of carbonyl (C=O) groups excluding carboxylic acids is 1. The second-order valence-electron chi connectivity index (χ2n) is 8.95. The first kappa shape index (κ1) is 24.8. The molecule has 1 fully saturated rings. The van der Waals surface area contributed by atoms with E-state index in [4.69, 9.17) is 21.3 Å². The van der Waals surface area contributed by atoms with E-state index in [1.165, 1.54) is 12.1 Å². The Balaban J connectivity index is 1.35. The first-order chi connectivity index (χ1) is 17.9. The molecule has 7 nitrogen and oxygen atoms in total. The third-order valence-corrected chi connectivity index (χ3v) is 6.98. The van der Waals surface area contributed by atoms with Gasteiger partial charge in [-0.05, 0) is 55.0 Å². The number of aryl methyl sites for hydroxylation is 1. The maximum atomic E-state index is 13.6. The van der Waals surface area contributed by atoms with Crippen LogP contribution >= 0.6 is 11.6 Å². The highest BCUT2D eigenvalue weighted by Gasteiger charge is 2.24. The summed E-state index contributed by atoms with van der Waals surface area (Å²) in [6.07, 6.45) is 3.73. The van der Waals surface area contributed by atoms with Crippen LogP contribution in [0.25, 0.3) is 16.9 Å². The maximum absolute atomic E-state index is 13.6. The van der Waals surface area contributed by atoms with Gasteiger partial charge in [0.15, 0.2) is 0 Å². The number of nitrogens with zero attached hydrogens (tertiary/aromatic N) is 5. The Morgan fingerprint density at radius 2 is 1.81 bits per heavy atom. The molecule has 5 rings (SSSR count). The lowest BCUT2D eigenvalue weighted by Crippen LogP contribution is -2.49. The van der Waals surface area contributed by atoms with Crippen molar-refractivity contribution in [3.05, 3.63) is 89.2 Å². The molecule has 1 amide bonds. The lowest BCUT2D eigenvalue weighted by atomic mass is 10.1. The number of carbonyl (C=O) groups is 1. The molecule has 1 saturated heterocycles. The first-order valence-electron chi connectivity index (χ1n) is 12.0. The Morgan fingerprint density at radius 3 is 2.51 bits per heavy atom. The molecular weight excluding hydrogens is 493 g/mol. The van der Waals surface area contributed by atoms with Crippen LogP contribution in [0.15, 0.2) is 67.0 Å². The fourth-order valence-corrected chi connectivity index (χ4v) is 4.56. The first-order valence-corrected chi connectivity index (χ1v) is 12.4. The van der Waals surface area contributed by atoms with Crippen LogP contribution in [0, 0.1) is 12.7 Å². The molecular formula is C28H27ClFN5O2. The van der Waals surface area contributed by atoms with Crippen LogP contribution in [0.1, 0.15) is 11.4 Å². The molecule has 4 aromatic rings. The minimum Gasteiger partial charge on any atom is -0.497 e. The zero-order chi connectivity index (χ0) is 25.9. The summed E-state index contributed by atoms with van der Waals surface area (Å²) < 4.78 is 20.7. The van der Waals surface area contributed by atoms with Gasteiger partial charge in [-0.1, -0.05) is 17.7 Å². The number of imidazole rings is 1. The van der Waals surface area contributed by atoms with Crippen LogP contribution < -0.4 is 9.64 Å². The van der Waals surface area contributed by atoms with Gasteiger partial charge in [0.25, 0.3) is 0 Å². The van der Waals surface area contributed by atoms with Gasteiger partial charge in [0.05, 0.1) is 19.2 Å². The van der Waals surface area contributed by atoms with E-state index >= 15 is 0 Å². The van der Waals surface area contributed by atoms with Crippen LogP contribution in [-0.2, 0) is 11.2 Å². The normalized spacial score (nSPS) is 13.6. The Bertz CT molecular complexity index is 1410. The Kier molecular flexibility index (Phi) is 7.10. The molecule has 9 heteroatoms. The number of ether oxygens (including phenoxy) is 1. The fraction of sp³-hybridized carbons (Fsp3) is 0.250. The summed E-state index contributed by atoms with van der Waals surface area (Å²) in [6, 6.07) is 15.6. The molecule has 0 aliphatic carbocycles. The van der Waals surface area contributed by atoms with Gasteiger partial charge in [0.1, 0.15) is 23.2 Å². The lowest BCUT2D eigenvalue weighted by Gasteiger charge is -2.35. The second-order valence-corrected chi connectivity index (χ2v) is 9.36. The van der Waals surface area contributed by atoms with Crippen molar-refractivity contribution < 1.29 is 13.9 Å². The van der Waals surface area contributed by atoms with Gasteiger partial charge < -0.3 is 19.1 Å². The smallest absolute Gasteiger partial charge is 0.230 e. The lowest BCUT2D eigenvalue weighted by molar-refractivity contribution is -0.130. The zero-order valence-electron chi connectivity index (χ0n) is 20.7. The van der Waals surface area contributed by atoms with Crippen molar-refractivity contribution in [3.63, 3.8) is 0 Å². The zero-order valence-corrected chi connectivity index (χ0v) is 21.5. The van der Waals surface area contributed by atoms with Gasteiger partial charge in [-0.3, -0.25) is 4.79 Å². The van der Waals surface area contributed by atoms with Crippen molar-refractivity contribution in [2.75, 3.05) is 38.2 Å². The number of pyridine rings is 1. The van der Waals surface area contributed by atoms with Crippen molar-refractivity contribution >= 4 is 23.3 Å². The standard InChI is InChI=1S/C28H27ClFN5O2/c1-19-15-20(3-8-24(19)29)25-18-35(22-6-4-21(30)5-7-22)27(32-25)17-28(36)34-13-11-33(12-14-34)26-16-23(37-2)9-10-31-26/h3-10,15-16,18H,11-14,17H2,1-2H3. The predicted molar refractivity (Wildman–Crippen MR) is 142 cm³/mol. The Morgan fingerprint density at radius 1 is 1.05 bits per heavy atom. The van der Waals surface area contributed by atoms with Crippen molar-refractivity contribution in [3.8, 4) is 22.7 Å². The largest absolute Gasteiger partial charge is 0.497 e. The molecule has 0 atom stereocenters. The number of hydrogen-bond donors (Lipinski definition) is 0. The van der Waals surface area contributed by atoms with E-state index in [9.17, 15) is 9.18 Å². The highest BCUT2D eigenvalue weighted by atomic mass is 35.5. The molecule has 3 heterocycles. The number of benzene rings is 2. The van der Waals surface area contributed by atoms with Crippen LogP contribution in [0.2, 0.25) is 5.02 Å². The van der Waals surface area contributed by atoms with Gasteiger partial charge in [0, 0.05) is 60.9 Å². The van der Waals surface area contributed by atoms with Crippen LogP contribution in [0.4, 0.5) is 10.2 Å². The van der Waals surface area contributed by atoms with E-state index in [0.717, 1.165) is 34.1 Å². The Labute approximate surface area is 220 Å². The van der Waals surface area contributed by atoms with E-state index in [1.807, 2.05) is 52.9 Å². The summed E-state index contributed by atoms with van der Waals surface area (Å²) in [5, 5.41) is 0.681. The predicted octanol–water partition coefficient (Wildman–Crippen LogP) is 4.94. The van der Waals surface area contributed by atoms with Crippen LogP contribution in [0.5, 0.6) is 5.75 Å². The maximum Gasteiger partial charge on any atom is 0.230 e. The van der Waals surface area contributed by atoms with E-state index in [-0.39, 0.29) is 18.1 Å². The summed E-state index contributed by atoms with van der Waals surface area (Å²) in [5.41, 5.74) is 3.30. The molecule has 190 valence electrons. The Hall–Kier alpha value is -3.91. The average molecular weight is 520 g/mol. The van der Waals surface area contributed by atoms with Crippen molar-refractivity contribution in [2.24, 2.45) is 0 Å². The summed E-state index contributed by atoms with van der Waals surface area (Å²) in [5.74, 6) is 1.85. The summed E-state index contributed by atoms with van der Waals surface area (Å²) in [7, 11) is 1.63. The van der Waals surface area contributed by atoms with Gasteiger partial charge in [0.2, 0.25) is 5.91 Å². The van der Waals surface area contributed by atoms with E-state index in [2.05, 4.69) is 9.88 Å². The highest BCUT2D eigenvalue weighted by molar-refractivity contribution is 6.31. The monoisotopic (exact) mass is 519 g/mol.